The number of nitrogens with one attached hydrogen (secondary N) is 2. The van der Waals surface area contributed by atoms with Crippen LogP contribution in [0.15, 0.2) is 39.8 Å². The van der Waals surface area contributed by atoms with Gasteiger partial charge in [-0.1, -0.05) is 23.2 Å². The lowest BCUT2D eigenvalue weighted by Crippen LogP contribution is -2.17. The van der Waals surface area contributed by atoms with Crippen molar-refractivity contribution in [1.29, 1.82) is 0 Å². The lowest BCUT2D eigenvalue weighted by Gasteiger charge is -2.05. The van der Waals surface area contributed by atoms with E-state index in [1.54, 1.807) is 24.3 Å². The van der Waals surface area contributed by atoms with Crippen LogP contribution in [0.25, 0.3) is 0 Å². The average Bonchev–Trinajstić information content (AvgIpc) is 2.90. The zero-order valence-electron chi connectivity index (χ0n) is 10.5. The smallest absolute Gasteiger partial charge is 0.273 e. The number of furan rings is 1. The van der Waals surface area contributed by atoms with Gasteiger partial charge in [0, 0.05) is 5.69 Å². The predicted molar refractivity (Wildman–Crippen MR) is 78.7 cm³/mol. The van der Waals surface area contributed by atoms with Crippen molar-refractivity contribution < 1.29 is 12.8 Å². The average molecular weight is 335 g/mol. The van der Waals surface area contributed by atoms with Gasteiger partial charge in [0.15, 0.2) is 0 Å². The minimum Gasteiger partial charge on any atom is -0.446 e. The van der Waals surface area contributed by atoms with E-state index in [1.165, 1.54) is 13.1 Å². The molecule has 0 saturated carbocycles. The van der Waals surface area contributed by atoms with Crippen molar-refractivity contribution in [3.63, 3.8) is 0 Å². The van der Waals surface area contributed by atoms with E-state index in [0.717, 1.165) is 5.69 Å². The van der Waals surface area contributed by atoms with E-state index in [4.69, 9.17) is 27.6 Å². The molecule has 0 aliphatic rings. The molecular formula is C12H12Cl2N2O3S. The Morgan fingerprint density at radius 2 is 1.90 bits per heavy atom. The third kappa shape index (κ3) is 3.46. The molecule has 2 N–H and O–H groups in total. The Morgan fingerprint density at radius 1 is 1.15 bits per heavy atom. The van der Waals surface area contributed by atoms with Crippen LogP contribution in [-0.4, -0.2) is 15.5 Å². The molecule has 0 radical (unpaired) electrons. The van der Waals surface area contributed by atoms with E-state index in [0.29, 0.717) is 22.4 Å². The van der Waals surface area contributed by atoms with Gasteiger partial charge in [-0.15, -0.1) is 0 Å². The van der Waals surface area contributed by atoms with E-state index in [9.17, 15) is 8.42 Å². The maximum Gasteiger partial charge on any atom is 0.273 e. The number of anilines is 1. The second-order valence-corrected chi connectivity index (χ2v) is 6.54. The fraction of sp³-hybridized carbons (Fsp3) is 0.167. The summed E-state index contributed by atoms with van der Waals surface area (Å²) in [5.74, 6) is 0.491. The number of sulfonamides is 1. The molecule has 8 heteroatoms. The Bertz CT molecular complexity index is 713. The van der Waals surface area contributed by atoms with Crippen molar-refractivity contribution in [2.45, 2.75) is 11.6 Å². The molecule has 0 spiro atoms. The quantitative estimate of drug-likeness (QED) is 0.881. The first-order chi connectivity index (χ1) is 9.42. The summed E-state index contributed by atoms with van der Waals surface area (Å²) in [6.45, 7) is 0.331. The van der Waals surface area contributed by atoms with Crippen LogP contribution >= 0.6 is 23.2 Å². The highest BCUT2D eigenvalue weighted by atomic mass is 35.5. The van der Waals surface area contributed by atoms with Crippen LogP contribution in [0.1, 0.15) is 5.76 Å². The number of halogens is 2. The first-order valence-electron chi connectivity index (χ1n) is 5.63. The molecule has 5 nitrogen and oxygen atoms in total. The van der Waals surface area contributed by atoms with Crippen molar-refractivity contribution in [2.24, 2.45) is 0 Å². The van der Waals surface area contributed by atoms with Gasteiger partial charge in [0.2, 0.25) is 5.09 Å². The number of rotatable bonds is 5. The molecule has 0 unspecified atom stereocenters. The summed E-state index contributed by atoms with van der Waals surface area (Å²) >= 11 is 11.7. The highest BCUT2D eigenvalue weighted by Gasteiger charge is 2.16. The van der Waals surface area contributed by atoms with Crippen LogP contribution in [0, 0.1) is 0 Å². The van der Waals surface area contributed by atoms with Gasteiger partial charge >= 0.3 is 0 Å². The molecule has 0 aliphatic heterocycles. The molecule has 0 saturated heterocycles. The normalized spacial score (nSPS) is 11.6. The molecule has 0 fully saturated rings. The van der Waals surface area contributed by atoms with E-state index in [2.05, 4.69) is 10.0 Å². The van der Waals surface area contributed by atoms with Gasteiger partial charge in [-0.25, -0.2) is 13.1 Å². The van der Waals surface area contributed by atoms with Gasteiger partial charge in [-0.2, -0.15) is 0 Å². The third-order valence-corrected chi connectivity index (χ3v) is 4.58. The monoisotopic (exact) mass is 334 g/mol. The fourth-order valence-electron chi connectivity index (χ4n) is 1.49. The first-order valence-corrected chi connectivity index (χ1v) is 7.87. The maximum absolute atomic E-state index is 11.5. The summed E-state index contributed by atoms with van der Waals surface area (Å²) in [7, 11) is -2.23. The molecule has 2 rings (SSSR count). The SMILES string of the molecule is CNS(=O)(=O)c1ccc(CNc2ccc(Cl)c(Cl)c2)o1. The van der Waals surface area contributed by atoms with Gasteiger partial charge in [0.1, 0.15) is 5.76 Å². The van der Waals surface area contributed by atoms with Gasteiger partial charge in [0.25, 0.3) is 10.0 Å². The summed E-state index contributed by atoms with van der Waals surface area (Å²) < 4.78 is 30.5. The van der Waals surface area contributed by atoms with E-state index in [-0.39, 0.29) is 5.09 Å². The van der Waals surface area contributed by atoms with Crippen LogP contribution in [0.4, 0.5) is 5.69 Å². The van der Waals surface area contributed by atoms with E-state index >= 15 is 0 Å². The second-order valence-electron chi connectivity index (χ2n) is 3.91. The number of hydrogen-bond donors (Lipinski definition) is 2. The summed E-state index contributed by atoms with van der Waals surface area (Å²) in [6.07, 6.45) is 0. The molecule has 0 amide bonds. The first kappa shape index (κ1) is 15.2. The molecule has 0 bridgehead atoms. The third-order valence-electron chi connectivity index (χ3n) is 2.56. The zero-order chi connectivity index (χ0) is 14.8. The fourth-order valence-corrected chi connectivity index (χ4v) is 2.46. The molecule has 1 aromatic heterocycles. The Morgan fingerprint density at radius 3 is 2.55 bits per heavy atom. The minimum absolute atomic E-state index is 0.120. The molecular weight excluding hydrogens is 323 g/mol. The Balaban J connectivity index is 2.06. The Hall–Kier alpha value is -1.21. The van der Waals surface area contributed by atoms with Crippen LogP contribution in [0.2, 0.25) is 10.0 Å². The molecule has 108 valence electrons. The lowest BCUT2D eigenvalue weighted by molar-refractivity contribution is 0.417. The Kier molecular flexibility index (Phi) is 4.59. The van der Waals surface area contributed by atoms with Crippen LogP contribution < -0.4 is 10.0 Å². The molecule has 2 aromatic rings. The summed E-state index contributed by atoms with van der Waals surface area (Å²) in [6, 6.07) is 8.11. The second kappa shape index (κ2) is 6.05. The van der Waals surface area contributed by atoms with Crippen LogP contribution in [0.3, 0.4) is 0 Å². The van der Waals surface area contributed by atoms with E-state index < -0.39 is 10.0 Å². The molecule has 20 heavy (non-hydrogen) atoms. The predicted octanol–water partition coefficient (Wildman–Crippen LogP) is 3.11. The topological polar surface area (TPSA) is 71.3 Å². The number of hydrogen-bond acceptors (Lipinski definition) is 4. The molecule has 1 heterocycles. The van der Waals surface area contributed by atoms with Crippen molar-refractivity contribution >= 4 is 38.9 Å². The van der Waals surface area contributed by atoms with Gasteiger partial charge in [-0.3, -0.25) is 0 Å². The zero-order valence-corrected chi connectivity index (χ0v) is 12.8. The summed E-state index contributed by atoms with van der Waals surface area (Å²) in [4.78, 5) is 0. The van der Waals surface area contributed by atoms with Gasteiger partial charge < -0.3 is 9.73 Å². The highest BCUT2D eigenvalue weighted by molar-refractivity contribution is 7.89. The largest absolute Gasteiger partial charge is 0.446 e. The summed E-state index contributed by atoms with van der Waals surface area (Å²) in [5, 5.41) is 3.85. The van der Waals surface area contributed by atoms with Crippen LogP contribution in [-0.2, 0) is 16.6 Å². The Labute approximate surface area is 126 Å². The summed E-state index contributed by atoms with van der Waals surface area (Å²) in [5.41, 5.74) is 0.758. The van der Waals surface area contributed by atoms with Gasteiger partial charge in [0.05, 0.1) is 16.6 Å². The van der Waals surface area contributed by atoms with E-state index in [1.807, 2.05) is 0 Å². The standard InChI is InChI=1S/C12H12Cl2N2O3S/c1-15-20(17,18)12-5-3-9(19-12)7-16-8-2-4-10(13)11(14)6-8/h2-6,15-16H,7H2,1H3. The molecule has 0 atom stereocenters. The molecule has 1 aromatic carbocycles. The van der Waals surface area contributed by atoms with Crippen LogP contribution in [0.5, 0.6) is 0 Å². The van der Waals surface area contributed by atoms with Gasteiger partial charge in [-0.05, 0) is 37.4 Å². The van der Waals surface area contributed by atoms with Crippen molar-refractivity contribution in [3.05, 3.63) is 46.1 Å². The number of benzene rings is 1. The lowest BCUT2D eigenvalue weighted by atomic mass is 10.3. The van der Waals surface area contributed by atoms with Crippen molar-refractivity contribution in [1.82, 2.24) is 4.72 Å². The molecule has 0 aliphatic carbocycles. The van der Waals surface area contributed by atoms with Crippen molar-refractivity contribution in [3.8, 4) is 0 Å². The maximum atomic E-state index is 11.5. The van der Waals surface area contributed by atoms with Crippen molar-refractivity contribution in [2.75, 3.05) is 12.4 Å². The highest BCUT2D eigenvalue weighted by Crippen LogP contribution is 2.25. The minimum atomic E-state index is -3.56.